The van der Waals surface area contributed by atoms with Crippen LogP contribution < -0.4 is 10.6 Å². The molecule has 2 aromatic heterocycles. The smallest absolute Gasteiger partial charge is 0.255 e. The number of nitrogens with zero attached hydrogens (tertiary/aromatic N) is 4. The zero-order chi connectivity index (χ0) is 23.6. The Labute approximate surface area is 198 Å². The van der Waals surface area contributed by atoms with Gasteiger partial charge in [-0.25, -0.2) is 19.9 Å². The van der Waals surface area contributed by atoms with Gasteiger partial charge in [0.05, 0.1) is 16.3 Å². The largest absolute Gasteiger partial charge is 0.339 e. The summed E-state index contributed by atoms with van der Waals surface area (Å²) in [6, 6.07) is 16.7. The Morgan fingerprint density at radius 3 is 2.48 bits per heavy atom. The molecule has 0 aliphatic heterocycles. The fourth-order valence-electron chi connectivity index (χ4n) is 2.97. The van der Waals surface area contributed by atoms with E-state index < -0.39 is 0 Å². The molecule has 1 amide bonds. The predicted molar refractivity (Wildman–Crippen MR) is 135 cm³/mol. The molecule has 2 N–H and O–H groups in total. The van der Waals surface area contributed by atoms with Crippen LogP contribution in [0, 0.1) is 6.92 Å². The number of rotatable bonds is 6. The molecule has 168 valence electrons. The maximum absolute atomic E-state index is 12.5. The topological polar surface area (TPSA) is 92.7 Å². The maximum Gasteiger partial charge on any atom is 0.255 e. The van der Waals surface area contributed by atoms with Crippen LogP contribution in [0.3, 0.4) is 0 Å². The molecule has 33 heavy (non-hydrogen) atoms. The van der Waals surface area contributed by atoms with Crippen molar-refractivity contribution in [2.75, 3.05) is 16.9 Å². The number of amides is 1. The lowest BCUT2D eigenvalue weighted by Crippen LogP contribution is -2.12. The third-order valence-electron chi connectivity index (χ3n) is 4.62. The lowest BCUT2D eigenvalue weighted by molar-refractivity contribution is 0.102. The van der Waals surface area contributed by atoms with E-state index in [1.165, 1.54) is 12.7 Å². The first-order chi connectivity index (χ1) is 16.1. The van der Waals surface area contributed by atoms with Gasteiger partial charge in [-0.1, -0.05) is 38.1 Å². The van der Waals surface area contributed by atoms with Gasteiger partial charge in [-0.2, -0.15) is 0 Å². The summed E-state index contributed by atoms with van der Waals surface area (Å²) in [6.45, 7) is 5.99. The fraction of sp³-hybridized carbons (Fsp3) is 0.160. The predicted octanol–water partition coefficient (Wildman–Crippen LogP) is 5.99. The van der Waals surface area contributed by atoms with E-state index >= 15 is 0 Å². The first kappa shape index (κ1) is 23.9. The third kappa shape index (κ3) is 6.14. The van der Waals surface area contributed by atoms with E-state index in [0.29, 0.717) is 17.1 Å². The molecule has 2 aromatic carbocycles. The van der Waals surface area contributed by atoms with Gasteiger partial charge in [-0.15, -0.1) is 11.8 Å². The van der Waals surface area contributed by atoms with Crippen molar-refractivity contribution in [1.29, 1.82) is 0 Å². The van der Waals surface area contributed by atoms with Crippen LogP contribution >= 0.6 is 11.8 Å². The molecule has 4 rings (SSSR count). The van der Waals surface area contributed by atoms with Crippen molar-refractivity contribution in [1.82, 2.24) is 19.9 Å². The first-order valence-corrected chi connectivity index (χ1v) is 11.8. The van der Waals surface area contributed by atoms with Crippen LogP contribution in [-0.4, -0.2) is 32.1 Å². The van der Waals surface area contributed by atoms with Gasteiger partial charge < -0.3 is 10.6 Å². The number of hydrogen-bond acceptors (Lipinski definition) is 7. The number of anilines is 3. The van der Waals surface area contributed by atoms with Crippen molar-refractivity contribution >= 4 is 34.9 Å². The van der Waals surface area contributed by atoms with Gasteiger partial charge in [-0.05, 0) is 49.1 Å². The molecular weight excluding hydrogens is 432 g/mol. The molecule has 0 atom stereocenters. The van der Waals surface area contributed by atoms with Gasteiger partial charge in [0.25, 0.3) is 5.91 Å². The molecule has 0 saturated heterocycles. The summed E-state index contributed by atoms with van der Waals surface area (Å²) in [5.41, 5.74) is 4.61. The molecule has 8 heteroatoms. The number of hydrogen-bond donors (Lipinski definition) is 2. The van der Waals surface area contributed by atoms with Crippen molar-refractivity contribution in [3.05, 3.63) is 84.6 Å². The number of carbonyl (C=O) groups excluding carboxylic acids is 1. The molecule has 4 aromatic rings. The number of benzene rings is 2. The maximum atomic E-state index is 12.5. The molecular formula is C25H26N6OS. The minimum atomic E-state index is -0.163. The van der Waals surface area contributed by atoms with Crippen LogP contribution in [0.2, 0.25) is 0 Å². The highest BCUT2D eigenvalue weighted by molar-refractivity contribution is 7.98. The average molecular weight is 459 g/mol. The standard InChI is InChI=1S/C23H20N6OS.C2H6/c1-15-8-9-17(28-23(30)16-6-4-3-5-7-16)10-19(15)29-22-18(12-24-13-27-22)20-11-21(31-2)26-14-25-20;1-2/h3-14H,1-2H3,(H,28,30)(H,24,27,29);1-2H3. The highest BCUT2D eigenvalue weighted by atomic mass is 32.2. The number of nitrogens with one attached hydrogen (secondary N) is 2. The van der Waals surface area contributed by atoms with Crippen molar-refractivity contribution in [3.63, 3.8) is 0 Å². The Balaban J connectivity index is 0.00000149. The summed E-state index contributed by atoms with van der Waals surface area (Å²) in [5.74, 6) is 0.457. The average Bonchev–Trinajstić information content (AvgIpc) is 2.88. The second kappa shape index (κ2) is 11.7. The Hall–Kier alpha value is -3.78. The summed E-state index contributed by atoms with van der Waals surface area (Å²) < 4.78 is 0. The van der Waals surface area contributed by atoms with E-state index in [9.17, 15) is 4.79 Å². The zero-order valence-corrected chi connectivity index (χ0v) is 19.9. The van der Waals surface area contributed by atoms with E-state index in [4.69, 9.17) is 0 Å². The lowest BCUT2D eigenvalue weighted by atomic mass is 10.1. The quantitative estimate of drug-likeness (QED) is 0.271. The van der Waals surface area contributed by atoms with Gasteiger partial charge in [0, 0.05) is 23.1 Å². The van der Waals surface area contributed by atoms with E-state index in [2.05, 4.69) is 30.6 Å². The monoisotopic (exact) mass is 458 g/mol. The Kier molecular flexibility index (Phi) is 8.49. The summed E-state index contributed by atoms with van der Waals surface area (Å²) >= 11 is 1.54. The normalized spacial score (nSPS) is 10.1. The van der Waals surface area contributed by atoms with Crippen LogP contribution in [0.25, 0.3) is 11.3 Å². The number of carbonyl (C=O) groups is 1. The minimum absolute atomic E-state index is 0.163. The number of aryl methyl sites for hydroxylation is 1. The molecule has 0 aliphatic carbocycles. The highest BCUT2D eigenvalue weighted by Crippen LogP contribution is 2.30. The van der Waals surface area contributed by atoms with E-state index in [1.54, 1.807) is 30.1 Å². The van der Waals surface area contributed by atoms with E-state index in [-0.39, 0.29) is 5.91 Å². The summed E-state index contributed by atoms with van der Waals surface area (Å²) in [4.78, 5) is 29.7. The number of thioether (sulfide) groups is 1. The molecule has 0 unspecified atom stereocenters. The molecule has 0 saturated carbocycles. The summed E-state index contributed by atoms with van der Waals surface area (Å²) in [6.07, 6.45) is 6.70. The second-order valence-electron chi connectivity index (χ2n) is 6.71. The van der Waals surface area contributed by atoms with Gasteiger partial charge >= 0.3 is 0 Å². The Morgan fingerprint density at radius 1 is 0.939 bits per heavy atom. The molecule has 2 heterocycles. The molecule has 0 spiro atoms. The summed E-state index contributed by atoms with van der Waals surface area (Å²) in [7, 11) is 0. The number of aromatic nitrogens is 4. The van der Waals surface area contributed by atoms with Crippen LogP contribution in [0.15, 0.2) is 78.5 Å². The van der Waals surface area contributed by atoms with Crippen molar-refractivity contribution in [2.45, 2.75) is 25.8 Å². The lowest BCUT2D eigenvalue weighted by Gasteiger charge is -2.14. The zero-order valence-electron chi connectivity index (χ0n) is 19.0. The molecule has 0 aliphatic rings. The van der Waals surface area contributed by atoms with Crippen LogP contribution in [0.5, 0.6) is 0 Å². The van der Waals surface area contributed by atoms with Crippen LogP contribution in [-0.2, 0) is 0 Å². The minimum Gasteiger partial charge on any atom is -0.339 e. The highest BCUT2D eigenvalue weighted by Gasteiger charge is 2.12. The fourth-order valence-corrected chi connectivity index (χ4v) is 3.35. The van der Waals surface area contributed by atoms with Gasteiger partial charge in [0.1, 0.15) is 18.5 Å². The molecule has 0 fully saturated rings. The molecule has 7 nitrogen and oxygen atoms in total. The van der Waals surface area contributed by atoms with Crippen molar-refractivity contribution in [2.24, 2.45) is 0 Å². The van der Waals surface area contributed by atoms with Crippen LogP contribution in [0.1, 0.15) is 29.8 Å². The van der Waals surface area contributed by atoms with Gasteiger partial charge in [0.15, 0.2) is 0 Å². The molecule has 0 radical (unpaired) electrons. The van der Waals surface area contributed by atoms with Gasteiger partial charge in [-0.3, -0.25) is 4.79 Å². The SMILES string of the molecule is CC.CSc1cc(-c2cncnc2Nc2cc(NC(=O)c3ccccc3)ccc2C)ncn1. The first-order valence-electron chi connectivity index (χ1n) is 10.5. The van der Waals surface area contributed by atoms with E-state index in [0.717, 1.165) is 27.5 Å². The third-order valence-corrected chi connectivity index (χ3v) is 5.27. The second-order valence-corrected chi connectivity index (χ2v) is 7.53. The van der Waals surface area contributed by atoms with Crippen molar-refractivity contribution in [3.8, 4) is 11.3 Å². The summed E-state index contributed by atoms with van der Waals surface area (Å²) in [5, 5.41) is 7.16. The van der Waals surface area contributed by atoms with Crippen LogP contribution in [0.4, 0.5) is 17.2 Å². The van der Waals surface area contributed by atoms with E-state index in [1.807, 2.05) is 69.5 Å². The van der Waals surface area contributed by atoms with Crippen molar-refractivity contribution < 1.29 is 4.79 Å². The van der Waals surface area contributed by atoms with Gasteiger partial charge in [0.2, 0.25) is 0 Å². The molecule has 0 bridgehead atoms. The Bertz CT molecular complexity index is 1220. The Morgan fingerprint density at radius 2 is 1.73 bits per heavy atom.